The van der Waals surface area contributed by atoms with Gasteiger partial charge in [0, 0.05) is 15.3 Å². The van der Waals surface area contributed by atoms with Gasteiger partial charge in [0.05, 0.1) is 10.5 Å². The van der Waals surface area contributed by atoms with Crippen LogP contribution in [0.2, 0.25) is 0 Å². The summed E-state index contributed by atoms with van der Waals surface area (Å²) in [5, 5.41) is 12.5. The first-order chi connectivity index (χ1) is 8.97. The minimum atomic E-state index is -0.193. The van der Waals surface area contributed by atoms with Crippen LogP contribution in [0.15, 0.2) is 34.8 Å². The van der Waals surface area contributed by atoms with Crippen LogP contribution in [0, 0.1) is 6.92 Å². The van der Waals surface area contributed by atoms with Gasteiger partial charge in [-0.15, -0.1) is 11.3 Å². The molecule has 0 radical (unpaired) electrons. The fourth-order valence-corrected chi connectivity index (χ4v) is 2.82. The van der Waals surface area contributed by atoms with Crippen molar-refractivity contribution in [2.75, 3.05) is 0 Å². The normalized spacial score (nSPS) is 12.2. The van der Waals surface area contributed by atoms with Crippen LogP contribution in [0.25, 0.3) is 0 Å². The van der Waals surface area contributed by atoms with E-state index in [0.717, 1.165) is 4.88 Å². The van der Waals surface area contributed by atoms with E-state index in [1.165, 1.54) is 10.9 Å². The molecule has 0 bridgehead atoms. The smallest absolute Gasteiger partial charge is 0.251 e. The summed E-state index contributed by atoms with van der Waals surface area (Å²) < 4.78 is 0.575. The van der Waals surface area contributed by atoms with Crippen molar-refractivity contribution in [2.24, 2.45) is 0 Å². The molecule has 19 heavy (non-hydrogen) atoms. The summed E-state index contributed by atoms with van der Waals surface area (Å²) in [6.45, 7) is 3.98. The Morgan fingerprint density at radius 1 is 1.37 bits per heavy atom. The van der Waals surface area contributed by atoms with Crippen molar-refractivity contribution >= 4 is 33.2 Å². The summed E-state index contributed by atoms with van der Waals surface area (Å²) in [6, 6.07) is 8.79. The molecule has 100 valence electrons. The summed E-state index contributed by atoms with van der Waals surface area (Å²) >= 11 is 4.86. The van der Waals surface area contributed by atoms with E-state index >= 15 is 0 Å². The van der Waals surface area contributed by atoms with Gasteiger partial charge in [-0.1, -0.05) is 0 Å². The van der Waals surface area contributed by atoms with Gasteiger partial charge in [-0.2, -0.15) is 0 Å². The Bertz CT molecular complexity index is 609. The molecule has 1 atom stereocenters. The number of carbonyl (C=O) groups is 1. The van der Waals surface area contributed by atoms with Crippen LogP contribution < -0.4 is 5.32 Å². The lowest BCUT2D eigenvalue weighted by Gasteiger charge is -2.12. The van der Waals surface area contributed by atoms with Crippen LogP contribution in [-0.2, 0) is 0 Å². The van der Waals surface area contributed by atoms with Crippen molar-refractivity contribution < 1.29 is 9.90 Å². The van der Waals surface area contributed by atoms with Gasteiger partial charge in [0.2, 0.25) is 0 Å². The Balaban J connectivity index is 2.10. The van der Waals surface area contributed by atoms with Crippen LogP contribution in [0.1, 0.15) is 33.1 Å². The number of nitrogens with one attached hydrogen (secondary N) is 1. The lowest BCUT2D eigenvalue weighted by atomic mass is 10.2. The van der Waals surface area contributed by atoms with Crippen LogP contribution in [-0.4, -0.2) is 11.0 Å². The Hall–Kier alpha value is -1.33. The molecule has 5 heteroatoms. The van der Waals surface area contributed by atoms with Crippen LogP contribution >= 0.6 is 27.3 Å². The minimum absolute atomic E-state index is 0.0445. The van der Waals surface area contributed by atoms with E-state index in [1.807, 2.05) is 26.0 Å². The van der Waals surface area contributed by atoms with Crippen molar-refractivity contribution in [3.63, 3.8) is 0 Å². The molecule has 3 nitrogen and oxygen atoms in total. The summed E-state index contributed by atoms with van der Waals surface area (Å²) in [5.74, 6) is -0.131. The average molecular weight is 340 g/mol. The largest absolute Gasteiger partial charge is 0.507 e. The Kier molecular flexibility index (Phi) is 4.27. The fraction of sp³-hybridized carbons (Fsp3) is 0.214. The van der Waals surface area contributed by atoms with Gasteiger partial charge in [0.15, 0.2) is 0 Å². The number of aromatic hydroxyl groups is 1. The quantitative estimate of drug-likeness (QED) is 0.887. The molecule has 0 aliphatic rings. The second kappa shape index (κ2) is 5.75. The van der Waals surface area contributed by atoms with Crippen molar-refractivity contribution in [1.29, 1.82) is 0 Å². The highest BCUT2D eigenvalue weighted by molar-refractivity contribution is 9.10. The highest BCUT2D eigenvalue weighted by Gasteiger charge is 2.13. The molecule has 2 aromatic rings. The van der Waals surface area contributed by atoms with E-state index in [1.54, 1.807) is 23.5 Å². The van der Waals surface area contributed by atoms with Gasteiger partial charge < -0.3 is 10.4 Å². The fourth-order valence-electron chi connectivity index (χ4n) is 1.69. The van der Waals surface area contributed by atoms with E-state index in [9.17, 15) is 9.90 Å². The van der Waals surface area contributed by atoms with Gasteiger partial charge in [-0.3, -0.25) is 4.79 Å². The standard InChI is InChI=1S/C14H14BrNO2S/c1-8-3-6-13(19-8)9(2)16-14(18)10-4-5-11(15)12(17)7-10/h3-7,9,17H,1-2H3,(H,16,18). The van der Waals surface area contributed by atoms with E-state index < -0.39 is 0 Å². The van der Waals surface area contributed by atoms with Crippen molar-refractivity contribution in [1.82, 2.24) is 5.32 Å². The highest BCUT2D eigenvalue weighted by Crippen LogP contribution is 2.25. The van der Waals surface area contributed by atoms with Crippen molar-refractivity contribution in [3.8, 4) is 5.75 Å². The first-order valence-electron chi connectivity index (χ1n) is 5.83. The maximum absolute atomic E-state index is 12.1. The third kappa shape index (κ3) is 3.36. The molecule has 1 heterocycles. The van der Waals surface area contributed by atoms with Gasteiger partial charge >= 0.3 is 0 Å². The molecule has 2 N–H and O–H groups in total. The summed E-state index contributed by atoms with van der Waals surface area (Å²) in [5.41, 5.74) is 0.445. The number of phenols is 1. The Morgan fingerprint density at radius 2 is 2.11 bits per heavy atom. The number of benzene rings is 1. The molecular weight excluding hydrogens is 326 g/mol. The maximum Gasteiger partial charge on any atom is 0.251 e. The van der Waals surface area contributed by atoms with Gasteiger partial charge in [0.1, 0.15) is 5.75 Å². The van der Waals surface area contributed by atoms with Crippen molar-refractivity contribution in [3.05, 3.63) is 50.1 Å². The molecular formula is C14H14BrNO2S. The Morgan fingerprint density at radius 3 is 2.68 bits per heavy atom. The maximum atomic E-state index is 12.1. The molecule has 0 fully saturated rings. The van der Waals surface area contributed by atoms with Crippen LogP contribution in [0.4, 0.5) is 0 Å². The number of thiophene rings is 1. The van der Waals surface area contributed by atoms with Gasteiger partial charge in [-0.25, -0.2) is 0 Å². The third-order valence-electron chi connectivity index (χ3n) is 2.74. The van der Waals surface area contributed by atoms with Crippen LogP contribution in [0.5, 0.6) is 5.75 Å². The van der Waals surface area contributed by atoms with E-state index in [-0.39, 0.29) is 17.7 Å². The van der Waals surface area contributed by atoms with Gasteiger partial charge in [-0.05, 0) is 60.1 Å². The Labute approximate surface area is 124 Å². The summed E-state index contributed by atoms with van der Waals surface area (Å²) in [7, 11) is 0. The summed E-state index contributed by atoms with van der Waals surface area (Å²) in [6.07, 6.45) is 0. The van der Waals surface area contributed by atoms with Crippen LogP contribution in [0.3, 0.4) is 0 Å². The number of halogens is 1. The monoisotopic (exact) mass is 339 g/mol. The predicted molar refractivity (Wildman–Crippen MR) is 80.7 cm³/mol. The molecule has 1 aromatic carbocycles. The number of rotatable bonds is 3. The molecule has 1 unspecified atom stereocenters. The molecule has 2 rings (SSSR count). The topological polar surface area (TPSA) is 49.3 Å². The zero-order valence-corrected chi connectivity index (χ0v) is 13.0. The number of hydrogen-bond acceptors (Lipinski definition) is 3. The second-order valence-corrected chi connectivity index (χ2v) is 6.48. The first-order valence-corrected chi connectivity index (χ1v) is 7.44. The van der Waals surface area contributed by atoms with E-state index in [0.29, 0.717) is 10.0 Å². The number of aryl methyl sites for hydroxylation is 1. The molecule has 1 amide bonds. The van der Waals surface area contributed by atoms with E-state index in [4.69, 9.17) is 0 Å². The first kappa shape index (κ1) is 14.1. The number of phenolic OH excluding ortho intramolecular Hbond substituents is 1. The summed E-state index contributed by atoms with van der Waals surface area (Å²) in [4.78, 5) is 14.4. The lowest BCUT2D eigenvalue weighted by Crippen LogP contribution is -2.26. The van der Waals surface area contributed by atoms with Crippen molar-refractivity contribution in [2.45, 2.75) is 19.9 Å². The number of hydrogen-bond donors (Lipinski definition) is 2. The predicted octanol–water partition coefficient (Wildman–Crippen LogP) is 4.02. The number of amides is 1. The SMILES string of the molecule is Cc1ccc(C(C)NC(=O)c2ccc(Br)c(O)c2)s1. The molecule has 0 saturated heterocycles. The zero-order valence-electron chi connectivity index (χ0n) is 10.6. The molecule has 0 spiro atoms. The lowest BCUT2D eigenvalue weighted by molar-refractivity contribution is 0.0940. The minimum Gasteiger partial charge on any atom is -0.507 e. The highest BCUT2D eigenvalue weighted by atomic mass is 79.9. The average Bonchev–Trinajstić information content (AvgIpc) is 2.79. The zero-order chi connectivity index (χ0) is 14.0. The third-order valence-corrected chi connectivity index (χ3v) is 4.60. The molecule has 1 aromatic heterocycles. The second-order valence-electron chi connectivity index (χ2n) is 4.31. The molecule has 0 aliphatic carbocycles. The number of carbonyl (C=O) groups excluding carboxylic acids is 1. The van der Waals surface area contributed by atoms with E-state index in [2.05, 4.69) is 21.2 Å². The van der Waals surface area contributed by atoms with Gasteiger partial charge in [0.25, 0.3) is 5.91 Å². The molecule has 0 aliphatic heterocycles. The molecule has 0 saturated carbocycles.